The van der Waals surface area contributed by atoms with Gasteiger partial charge in [-0.05, 0) is 6.42 Å². The van der Waals surface area contributed by atoms with Crippen molar-refractivity contribution in [1.82, 2.24) is 0 Å². The molecule has 10 heavy (non-hydrogen) atoms. The molecule has 0 saturated heterocycles. The average molecular weight is 282 g/mol. The third-order valence-electron chi connectivity index (χ3n) is 1.22. The summed E-state index contributed by atoms with van der Waals surface area (Å²) >= 11 is 0. The predicted octanol–water partition coefficient (Wildman–Crippen LogP) is -5.48. The summed E-state index contributed by atoms with van der Waals surface area (Å²) in [5.74, 6) is -0.427. The molecule has 0 aromatic rings. The van der Waals surface area contributed by atoms with Gasteiger partial charge < -0.3 is 6.42 Å². The van der Waals surface area contributed by atoms with Crippen LogP contribution >= 0.6 is 0 Å². The van der Waals surface area contributed by atoms with Crippen LogP contribution in [0, 0.1) is 6.42 Å². The summed E-state index contributed by atoms with van der Waals surface area (Å²) in [5, 5.41) is 0. The van der Waals surface area contributed by atoms with Gasteiger partial charge in [0.25, 0.3) is 0 Å². The Labute approximate surface area is 158 Å². The summed E-state index contributed by atoms with van der Waals surface area (Å²) in [6.07, 6.45) is 3.42. The van der Waals surface area contributed by atoms with Crippen LogP contribution in [0.2, 0.25) is 0 Å². The molecule has 1 rings (SSSR count). The van der Waals surface area contributed by atoms with Gasteiger partial charge in [0.2, 0.25) is 0 Å². The Balaban J connectivity index is 0. The molecule has 0 N–H and O–H groups in total. The summed E-state index contributed by atoms with van der Waals surface area (Å²) in [6.45, 7) is 0. The van der Waals surface area contributed by atoms with E-state index in [0.29, 0.717) is 12.8 Å². The Morgan fingerprint density at radius 2 is 1.70 bits per heavy atom. The fraction of sp³-hybridized carbons (Fsp3) is 0.500. The minimum atomic E-state index is -0.226. The second-order valence-corrected chi connectivity index (χ2v) is 1.88. The van der Waals surface area contributed by atoms with Gasteiger partial charge >= 0.3 is 116 Å². The van der Waals surface area contributed by atoms with Crippen LogP contribution in [0.4, 0.5) is 0 Å². The zero-order valence-electron chi connectivity index (χ0n) is 6.52. The van der Waals surface area contributed by atoms with E-state index < -0.39 is 0 Å². The van der Waals surface area contributed by atoms with E-state index in [1.807, 2.05) is 6.42 Å². The second kappa shape index (κ2) is 8.54. The van der Waals surface area contributed by atoms with Crippen LogP contribution in [-0.4, -0.2) is 11.6 Å². The molecule has 4 heteroatoms. The maximum Gasteiger partial charge on any atom is 1.00 e. The summed E-state index contributed by atoms with van der Waals surface area (Å²) in [6, 6.07) is 0. The van der Waals surface area contributed by atoms with Crippen molar-refractivity contribution in [3.05, 3.63) is 6.42 Å². The van der Waals surface area contributed by atoms with Crippen LogP contribution in [0.25, 0.3) is 0 Å². The normalized spacial score (nSPS) is 17.2. The molecule has 0 unspecified atom stereocenters. The summed E-state index contributed by atoms with van der Waals surface area (Å²) in [4.78, 5) is 20.8. The van der Waals surface area contributed by atoms with E-state index in [-0.39, 0.29) is 128 Å². The van der Waals surface area contributed by atoms with Gasteiger partial charge in [-0.2, -0.15) is 6.42 Å². The van der Waals surface area contributed by atoms with E-state index in [1.54, 1.807) is 0 Å². The first kappa shape index (κ1) is 15.4. The first-order valence-electron chi connectivity index (χ1n) is 2.68. The van der Waals surface area contributed by atoms with E-state index in [0.717, 1.165) is 6.42 Å². The van der Waals surface area contributed by atoms with Gasteiger partial charge in [0, 0.05) is 0 Å². The van der Waals surface area contributed by atoms with E-state index >= 15 is 0 Å². The van der Waals surface area contributed by atoms with E-state index in [4.69, 9.17) is 0 Å². The number of carbonyl (C=O) groups excluding carboxylic acids is 2. The summed E-state index contributed by atoms with van der Waals surface area (Å²) in [7, 11) is 0. The van der Waals surface area contributed by atoms with Crippen molar-refractivity contribution < 1.29 is 126 Å². The molecule has 1 aliphatic carbocycles. The van der Waals surface area contributed by atoms with E-state index in [2.05, 4.69) is 0 Å². The van der Waals surface area contributed by atoms with E-state index in [1.165, 1.54) is 0 Å². The van der Waals surface area contributed by atoms with Gasteiger partial charge in [-0.25, -0.2) is 0 Å². The first-order valence-corrected chi connectivity index (χ1v) is 2.68. The third kappa shape index (κ3) is 5.57. The van der Waals surface area contributed by atoms with Crippen LogP contribution in [0.15, 0.2) is 0 Å². The third-order valence-corrected chi connectivity index (χ3v) is 1.22. The Hall–Kier alpha value is 2.95. The fourth-order valence-electron chi connectivity index (χ4n) is 0.720. The molecule has 0 spiro atoms. The van der Waals surface area contributed by atoms with Crippen LogP contribution in [0.3, 0.4) is 0 Å². The van der Waals surface area contributed by atoms with Gasteiger partial charge in [-0.15, -0.1) is 6.42 Å². The van der Waals surface area contributed by atoms with Gasteiger partial charge in [-0.3, -0.25) is 9.59 Å². The number of rotatable bonds is 0. The molecular weight excluding hydrogens is 275 g/mol. The zero-order chi connectivity index (χ0) is 5.98. The van der Waals surface area contributed by atoms with Gasteiger partial charge in [0.1, 0.15) is 0 Å². The summed E-state index contributed by atoms with van der Waals surface area (Å²) in [5.41, 5.74) is 0. The Morgan fingerprint density at radius 1 is 1.10 bits per heavy atom. The molecule has 1 saturated carbocycles. The fourth-order valence-corrected chi connectivity index (χ4v) is 0.720. The average Bonchev–Trinajstić information content (AvgIpc) is 1.77. The van der Waals surface area contributed by atoms with Gasteiger partial charge in [0.05, 0.1) is 0 Å². The number of hydrogen-bond acceptors (Lipinski definition) is 2. The van der Waals surface area contributed by atoms with Crippen LogP contribution in [0.1, 0.15) is 19.3 Å². The molecule has 44 valence electrons. The summed E-state index contributed by atoms with van der Waals surface area (Å²) < 4.78 is 0. The Kier molecular flexibility index (Phi) is 13.2. The standard InChI is InChI=1S/C6H7O2.2Rb/c7-5-3-1-2-4-6(5)8;;/h1H,2-4H2;;/q-1;2*+1. The molecule has 2 nitrogen and oxygen atoms in total. The number of ketones is 2. The molecule has 0 radical (unpaired) electrons. The molecule has 1 aliphatic rings. The maximum absolute atomic E-state index is 10.4. The van der Waals surface area contributed by atoms with Crippen molar-refractivity contribution in [2.24, 2.45) is 0 Å². The van der Waals surface area contributed by atoms with E-state index in [9.17, 15) is 9.59 Å². The molecule has 0 heterocycles. The minimum absolute atomic E-state index is 0. The minimum Gasteiger partial charge on any atom is -0.321 e. The zero-order valence-corrected chi connectivity index (χ0v) is 16.3. The number of Topliss-reactive ketones (excluding diaryl/α,β-unsaturated/α-hetero) is 2. The van der Waals surface area contributed by atoms with Crippen molar-refractivity contribution in [3.8, 4) is 0 Å². The molecule has 0 bridgehead atoms. The van der Waals surface area contributed by atoms with Crippen LogP contribution in [0.5, 0.6) is 0 Å². The molecule has 0 aromatic heterocycles. The Morgan fingerprint density at radius 3 is 2.00 bits per heavy atom. The largest absolute Gasteiger partial charge is 1.00 e. The van der Waals surface area contributed by atoms with Crippen molar-refractivity contribution in [3.63, 3.8) is 0 Å². The second-order valence-electron chi connectivity index (χ2n) is 1.88. The monoisotopic (exact) mass is 281 g/mol. The topological polar surface area (TPSA) is 34.1 Å². The molecule has 1 fully saturated rings. The van der Waals surface area contributed by atoms with Gasteiger partial charge in [0.15, 0.2) is 11.6 Å². The van der Waals surface area contributed by atoms with Crippen molar-refractivity contribution in [1.29, 1.82) is 0 Å². The van der Waals surface area contributed by atoms with Crippen molar-refractivity contribution >= 4 is 11.6 Å². The van der Waals surface area contributed by atoms with Crippen LogP contribution < -0.4 is 116 Å². The first-order chi connectivity index (χ1) is 3.80. The molecule has 0 aromatic carbocycles. The van der Waals surface area contributed by atoms with Crippen LogP contribution in [-0.2, 0) is 9.59 Å². The van der Waals surface area contributed by atoms with Crippen molar-refractivity contribution in [2.75, 3.05) is 0 Å². The number of carbonyl (C=O) groups is 2. The number of hydrogen-bond donors (Lipinski definition) is 0. The smallest absolute Gasteiger partial charge is 0.321 e. The van der Waals surface area contributed by atoms with Crippen molar-refractivity contribution in [2.45, 2.75) is 19.3 Å². The van der Waals surface area contributed by atoms with Gasteiger partial charge in [-0.1, -0.05) is 0 Å². The Bertz CT molecular complexity index is 118. The molecule has 0 amide bonds. The maximum atomic E-state index is 10.4. The molecule has 0 aliphatic heterocycles. The predicted molar refractivity (Wildman–Crippen MR) is 28.2 cm³/mol. The molecule has 0 atom stereocenters. The SMILES string of the molecule is O=C1C[CH-]CCC1=O.[Rb+].[Rb+]. The quantitative estimate of drug-likeness (QED) is 0.328. The molecular formula is C6H7O2Rb2+.